The summed E-state index contributed by atoms with van der Waals surface area (Å²) in [4.78, 5) is 33.5. The summed E-state index contributed by atoms with van der Waals surface area (Å²) in [5, 5.41) is 0.125. The molecule has 0 fully saturated rings. The van der Waals surface area contributed by atoms with Crippen LogP contribution >= 0.6 is 11.3 Å². The monoisotopic (exact) mass is 435 g/mol. The lowest BCUT2D eigenvalue weighted by atomic mass is 10.1. The normalized spacial score (nSPS) is 12.4. The Kier molecular flexibility index (Phi) is 5.74. The second-order valence-corrected chi connectivity index (χ2v) is 7.23. The summed E-state index contributed by atoms with van der Waals surface area (Å²) in [6.07, 6.45) is -3.65. The standard InChI is InChI=1S/C19H16F3N5O2S/c1-10(17(24)29)27(12-7-8-13(25-9-12)19(20,21)22)18-26-16(23)15(30-18)14(28)11-5-3-2-4-6-11/h2-10H,23H2,1H3,(H2,24,29)/t10-/m1/s1. The Labute approximate surface area is 173 Å². The molecule has 0 aliphatic rings. The number of alkyl halides is 3. The first-order chi connectivity index (χ1) is 14.1. The highest BCUT2D eigenvalue weighted by Crippen LogP contribution is 2.36. The van der Waals surface area contributed by atoms with Gasteiger partial charge in [-0.2, -0.15) is 13.2 Å². The van der Waals surface area contributed by atoms with Gasteiger partial charge in [-0.3, -0.25) is 9.59 Å². The average molecular weight is 435 g/mol. The number of carbonyl (C=O) groups excluding carboxylic acids is 2. The summed E-state index contributed by atoms with van der Waals surface area (Å²) >= 11 is 0.903. The van der Waals surface area contributed by atoms with E-state index in [1.54, 1.807) is 30.3 Å². The molecule has 0 saturated carbocycles. The second kappa shape index (κ2) is 8.11. The van der Waals surface area contributed by atoms with E-state index in [2.05, 4.69) is 9.97 Å². The van der Waals surface area contributed by atoms with Crippen molar-refractivity contribution in [1.82, 2.24) is 9.97 Å². The van der Waals surface area contributed by atoms with E-state index in [-0.39, 0.29) is 27.3 Å². The lowest BCUT2D eigenvalue weighted by Gasteiger charge is -2.26. The number of nitrogens with zero attached hydrogens (tertiary/aromatic N) is 3. The molecule has 0 radical (unpaired) electrons. The molecule has 4 N–H and O–H groups in total. The third kappa shape index (κ3) is 4.25. The number of carbonyl (C=O) groups is 2. The molecule has 0 aliphatic heterocycles. The van der Waals surface area contributed by atoms with E-state index in [1.165, 1.54) is 11.8 Å². The van der Waals surface area contributed by atoms with Crippen LogP contribution in [0, 0.1) is 0 Å². The first-order valence-corrected chi connectivity index (χ1v) is 9.39. The van der Waals surface area contributed by atoms with Gasteiger partial charge < -0.3 is 16.4 Å². The van der Waals surface area contributed by atoms with Crippen LogP contribution < -0.4 is 16.4 Å². The van der Waals surface area contributed by atoms with Crippen LogP contribution in [0.15, 0.2) is 48.7 Å². The number of halogens is 3. The Bertz CT molecular complexity index is 1070. The number of benzene rings is 1. The van der Waals surface area contributed by atoms with Gasteiger partial charge in [-0.15, -0.1) is 0 Å². The van der Waals surface area contributed by atoms with Crippen molar-refractivity contribution in [3.63, 3.8) is 0 Å². The van der Waals surface area contributed by atoms with Gasteiger partial charge in [0, 0.05) is 5.56 Å². The summed E-state index contributed by atoms with van der Waals surface area (Å²) in [6, 6.07) is 9.31. The van der Waals surface area contributed by atoms with Gasteiger partial charge in [0.2, 0.25) is 11.7 Å². The molecular formula is C19H16F3N5O2S. The van der Waals surface area contributed by atoms with Gasteiger partial charge in [-0.05, 0) is 19.1 Å². The van der Waals surface area contributed by atoms with Gasteiger partial charge in [0.15, 0.2) is 5.13 Å². The number of pyridine rings is 1. The molecule has 0 spiro atoms. The minimum atomic E-state index is -4.61. The molecule has 3 rings (SSSR count). The highest BCUT2D eigenvalue weighted by molar-refractivity contribution is 7.18. The Morgan fingerprint density at radius 1 is 1.13 bits per heavy atom. The number of primary amides is 1. The van der Waals surface area contributed by atoms with Crippen LogP contribution in [-0.2, 0) is 11.0 Å². The molecule has 7 nitrogen and oxygen atoms in total. The number of amides is 1. The van der Waals surface area contributed by atoms with Crippen LogP contribution in [0.1, 0.15) is 27.9 Å². The van der Waals surface area contributed by atoms with Crippen LogP contribution in [0.4, 0.5) is 29.8 Å². The number of anilines is 3. The topological polar surface area (TPSA) is 115 Å². The summed E-state index contributed by atoms with van der Waals surface area (Å²) in [7, 11) is 0. The number of hydrogen-bond acceptors (Lipinski definition) is 7. The van der Waals surface area contributed by atoms with Crippen molar-refractivity contribution in [3.8, 4) is 0 Å². The fourth-order valence-electron chi connectivity index (χ4n) is 2.63. The maximum atomic E-state index is 12.8. The first-order valence-electron chi connectivity index (χ1n) is 8.57. The summed E-state index contributed by atoms with van der Waals surface area (Å²) in [5.41, 5.74) is 10.8. The molecule has 30 heavy (non-hydrogen) atoms. The highest BCUT2D eigenvalue weighted by Gasteiger charge is 2.33. The van der Waals surface area contributed by atoms with E-state index < -0.39 is 23.8 Å². The van der Waals surface area contributed by atoms with E-state index in [9.17, 15) is 22.8 Å². The highest BCUT2D eigenvalue weighted by atomic mass is 32.1. The zero-order chi connectivity index (χ0) is 22.1. The number of thiazole rings is 1. The number of nitrogen functional groups attached to an aromatic ring is 1. The van der Waals surface area contributed by atoms with E-state index in [0.29, 0.717) is 5.56 Å². The van der Waals surface area contributed by atoms with Gasteiger partial charge in [0.05, 0.1) is 11.9 Å². The summed E-state index contributed by atoms with van der Waals surface area (Å²) in [5.74, 6) is -1.18. The molecule has 0 bridgehead atoms. The summed E-state index contributed by atoms with van der Waals surface area (Å²) < 4.78 is 38.5. The van der Waals surface area contributed by atoms with Crippen molar-refractivity contribution in [1.29, 1.82) is 0 Å². The van der Waals surface area contributed by atoms with Crippen molar-refractivity contribution in [2.24, 2.45) is 5.73 Å². The van der Waals surface area contributed by atoms with Crippen molar-refractivity contribution in [2.45, 2.75) is 19.1 Å². The number of aromatic nitrogens is 2. The Morgan fingerprint density at radius 3 is 2.33 bits per heavy atom. The minimum absolute atomic E-state index is 0.0644. The molecule has 0 unspecified atom stereocenters. The van der Waals surface area contributed by atoms with Crippen LogP contribution in [-0.4, -0.2) is 27.7 Å². The molecule has 1 aromatic carbocycles. The van der Waals surface area contributed by atoms with Gasteiger partial charge in [-0.25, -0.2) is 9.97 Å². The smallest absolute Gasteiger partial charge is 0.382 e. The fourth-order valence-corrected chi connectivity index (χ4v) is 3.68. The zero-order valence-electron chi connectivity index (χ0n) is 15.6. The van der Waals surface area contributed by atoms with Crippen molar-refractivity contribution in [3.05, 3.63) is 64.8 Å². The Balaban J connectivity index is 2.04. The van der Waals surface area contributed by atoms with E-state index in [0.717, 1.165) is 29.7 Å². The number of rotatable bonds is 6. The van der Waals surface area contributed by atoms with E-state index in [1.807, 2.05) is 0 Å². The van der Waals surface area contributed by atoms with Crippen molar-refractivity contribution in [2.75, 3.05) is 10.6 Å². The van der Waals surface area contributed by atoms with Gasteiger partial charge in [-0.1, -0.05) is 41.7 Å². The average Bonchev–Trinajstić information content (AvgIpc) is 3.09. The quantitative estimate of drug-likeness (QED) is 0.574. The maximum Gasteiger partial charge on any atom is 0.433 e. The minimum Gasteiger partial charge on any atom is -0.382 e. The number of ketones is 1. The third-order valence-corrected chi connectivity index (χ3v) is 5.28. The molecule has 156 valence electrons. The molecule has 0 aliphatic carbocycles. The largest absolute Gasteiger partial charge is 0.433 e. The Morgan fingerprint density at radius 2 is 1.80 bits per heavy atom. The Hall–Kier alpha value is -3.47. The van der Waals surface area contributed by atoms with Crippen molar-refractivity contribution >= 4 is 39.7 Å². The SMILES string of the molecule is C[C@H](C(N)=O)N(c1ccc(C(F)(F)F)nc1)c1nc(N)c(C(=O)c2ccccc2)s1. The summed E-state index contributed by atoms with van der Waals surface area (Å²) in [6.45, 7) is 1.45. The van der Waals surface area contributed by atoms with Crippen LogP contribution in [0.25, 0.3) is 0 Å². The van der Waals surface area contributed by atoms with Gasteiger partial charge in [0.25, 0.3) is 0 Å². The van der Waals surface area contributed by atoms with E-state index in [4.69, 9.17) is 11.5 Å². The molecule has 2 aromatic heterocycles. The van der Waals surface area contributed by atoms with Gasteiger partial charge in [0.1, 0.15) is 22.4 Å². The zero-order valence-corrected chi connectivity index (χ0v) is 16.4. The lowest BCUT2D eigenvalue weighted by molar-refractivity contribution is -0.141. The molecule has 2 heterocycles. The predicted molar refractivity (Wildman–Crippen MR) is 106 cm³/mol. The van der Waals surface area contributed by atoms with Crippen LogP contribution in [0.3, 0.4) is 0 Å². The molecular weight excluding hydrogens is 419 g/mol. The fraction of sp³-hybridized carbons (Fsp3) is 0.158. The molecule has 1 amide bonds. The predicted octanol–water partition coefficient (Wildman–Crippen LogP) is 3.38. The maximum absolute atomic E-state index is 12.8. The molecule has 11 heteroatoms. The van der Waals surface area contributed by atoms with Crippen LogP contribution in [0.2, 0.25) is 0 Å². The number of hydrogen-bond donors (Lipinski definition) is 2. The molecule has 1 atom stereocenters. The second-order valence-electron chi connectivity index (χ2n) is 6.25. The first kappa shape index (κ1) is 21.2. The van der Waals surface area contributed by atoms with E-state index >= 15 is 0 Å². The van der Waals surface area contributed by atoms with Crippen LogP contribution in [0.5, 0.6) is 0 Å². The number of nitrogens with two attached hydrogens (primary N) is 2. The van der Waals surface area contributed by atoms with Crippen molar-refractivity contribution < 1.29 is 22.8 Å². The van der Waals surface area contributed by atoms with Gasteiger partial charge >= 0.3 is 6.18 Å². The lowest BCUT2D eigenvalue weighted by Crippen LogP contribution is -2.40. The molecule has 0 saturated heterocycles. The molecule has 3 aromatic rings. The third-order valence-electron chi connectivity index (χ3n) is 4.21.